The van der Waals surface area contributed by atoms with E-state index in [1.807, 2.05) is 0 Å². The van der Waals surface area contributed by atoms with Gasteiger partial charge in [-0.15, -0.1) is 0 Å². The van der Waals surface area contributed by atoms with Crippen LogP contribution in [0.15, 0.2) is 0 Å². The van der Waals surface area contributed by atoms with E-state index in [0.29, 0.717) is 19.0 Å². The molecule has 0 spiro atoms. The Kier molecular flexibility index (Phi) is 5.37. The second-order valence-corrected chi connectivity index (χ2v) is 7.33. The quantitative estimate of drug-likeness (QED) is 0.754. The summed E-state index contributed by atoms with van der Waals surface area (Å²) >= 11 is 0. The highest BCUT2D eigenvalue weighted by molar-refractivity contribution is 7.88. The highest BCUT2D eigenvalue weighted by atomic mass is 32.2. The molecule has 0 aromatic heterocycles. The van der Waals surface area contributed by atoms with Gasteiger partial charge < -0.3 is 5.73 Å². The third-order valence-corrected chi connectivity index (χ3v) is 4.37. The smallest absolute Gasteiger partial charge is 0.211 e. The van der Waals surface area contributed by atoms with Gasteiger partial charge in [0, 0.05) is 38.8 Å². The van der Waals surface area contributed by atoms with E-state index in [1.54, 1.807) is 0 Å². The van der Waals surface area contributed by atoms with Crippen LogP contribution >= 0.6 is 0 Å². The van der Waals surface area contributed by atoms with Gasteiger partial charge in [0.25, 0.3) is 0 Å². The summed E-state index contributed by atoms with van der Waals surface area (Å²) in [7, 11) is -3.02. The first-order chi connectivity index (χ1) is 7.79. The van der Waals surface area contributed by atoms with E-state index in [2.05, 4.69) is 18.7 Å². The van der Waals surface area contributed by atoms with Crippen LogP contribution in [0.5, 0.6) is 0 Å². The van der Waals surface area contributed by atoms with Gasteiger partial charge in [-0.3, -0.25) is 4.90 Å². The Morgan fingerprint density at radius 1 is 1.18 bits per heavy atom. The van der Waals surface area contributed by atoms with Gasteiger partial charge in [0.05, 0.1) is 6.26 Å². The molecule has 0 radical (unpaired) electrons. The average molecular weight is 263 g/mol. The minimum absolute atomic E-state index is 0.194. The monoisotopic (exact) mass is 263 g/mol. The molecule has 1 saturated heterocycles. The summed E-state index contributed by atoms with van der Waals surface area (Å²) < 4.78 is 24.2. The lowest BCUT2D eigenvalue weighted by molar-refractivity contribution is 0.175. The Labute approximate surface area is 105 Å². The normalized spacial score (nSPS) is 21.9. The van der Waals surface area contributed by atoms with E-state index in [0.717, 1.165) is 26.1 Å². The largest absolute Gasteiger partial charge is 0.327 e. The van der Waals surface area contributed by atoms with Gasteiger partial charge in [-0.1, -0.05) is 13.8 Å². The Bertz CT molecular complexity index is 322. The van der Waals surface area contributed by atoms with Crippen molar-refractivity contribution >= 4 is 10.0 Å². The zero-order valence-electron chi connectivity index (χ0n) is 11.1. The van der Waals surface area contributed by atoms with Crippen molar-refractivity contribution in [2.45, 2.75) is 26.3 Å². The topological polar surface area (TPSA) is 66.6 Å². The number of hydrogen-bond donors (Lipinski definition) is 1. The molecule has 5 nitrogen and oxygen atoms in total. The summed E-state index contributed by atoms with van der Waals surface area (Å²) in [5, 5.41) is 0. The lowest BCUT2D eigenvalue weighted by atomic mass is 10.0. The van der Waals surface area contributed by atoms with E-state index in [-0.39, 0.29) is 6.04 Å². The summed E-state index contributed by atoms with van der Waals surface area (Å²) in [6.45, 7) is 7.97. The van der Waals surface area contributed by atoms with E-state index in [1.165, 1.54) is 10.6 Å². The van der Waals surface area contributed by atoms with Gasteiger partial charge >= 0.3 is 0 Å². The predicted molar refractivity (Wildman–Crippen MR) is 70.3 cm³/mol. The Morgan fingerprint density at radius 3 is 2.12 bits per heavy atom. The van der Waals surface area contributed by atoms with Crippen LogP contribution in [0.1, 0.15) is 20.3 Å². The summed E-state index contributed by atoms with van der Waals surface area (Å²) in [4.78, 5) is 2.26. The molecule has 1 aliphatic heterocycles. The molecular formula is C11H25N3O2S. The molecule has 6 heteroatoms. The maximum Gasteiger partial charge on any atom is 0.211 e. The van der Waals surface area contributed by atoms with Gasteiger partial charge in [-0.25, -0.2) is 8.42 Å². The van der Waals surface area contributed by atoms with Crippen LogP contribution in [0.25, 0.3) is 0 Å². The van der Waals surface area contributed by atoms with Crippen LogP contribution in [0.4, 0.5) is 0 Å². The first kappa shape index (κ1) is 14.9. The third-order valence-electron chi connectivity index (χ3n) is 3.07. The molecule has 0 amide bonds. The summed E-state index contributed by atoms with van der Waals surface area (Å²) in [6.07, 6.45) is 2.29. The Hall–Kier alpha value is -0.170. The minimum Gasteiger partial charge on any atom is -0.327 e. The van der Waals surface area contributed by atoms with Crippen LogP contribution in [-0.4, -0.2) is 62.6 Å². The molecule has 1 atom stereocenters. The summed E-state index contributed by atoms with van der Waals surface area (Å²) in [5.41, 5.74) is 6.05. The number of nitrogens with zero attached hydrogens (tertiary/aromatic N) is 2. The highest BCUT2D eigenvalue weighted by Gasteiger charge is 2.24. The van der Waals surface area contributed by atoms with Crippen LogP contribution in [0.3, 0.4) is 0 Å². The SMILES string of the molecule is CC(C)C[C@@H](N)CN1CCN(S(C)(=O)=O)CC1. The second kappa shape index (κ2) is 6.13. The molecule has 0 aliphatic carbocycles. The molecule has 0 unspecified atom stereocenters. The van der Waals surface area contributed by atoms with Crippen LogP contribution in [0, 0.1) is 5.92 Å². The number of hydrogen-bond acceptors (Lipinski definition) is 4. The van der Waals surface area contributed by atoms with Gasteiger partial charge in [-0.05, 0) is 12.3 Å². The molecule has 0 bridgehead atoms. The Balaban J connectivity index is 2.33. The van der Waals surface area contributed by atoms with Crippen molar-refractivity contribution in [3.63, 3.8) is 0 Å². The van der Waals surface area contributed by atoms with Crippen molar-refractivity contribution in [3.8, 4) is 0 Å². The van der Waals surface area contributed by atoms with Crippen molar-refractivity contribution < 1.29 is 8.42 Å². The molecule has 1 fully saturated rings. The molecule has 1 aliphatic rings. The molecule has 0 aromatic carbocycles. The van der Waals surface area contributed by atoms with E-state index >= 15 is 0 Å². The fraction of sp³-hybridized carbons (Fsp3) is 1.00. The first-order valence-corrected chi connectivity index (χ1v) is 8.07. The summed E-state index contributed by atoms with van der Waals surface area (Å²) in [6, 6.07) is 0.194. The van der Waals surface area contributed by atoms with Gasteiger partial charge in [0.1, 0.15) is 0 Å². The fourth-order valence-corrected chi connectivity index (χ4v) is 3.08. The van der Waals surface area contributed by atoms with Crippen LogP contribution < -0.4 is 5.73 Å². The standard InChI is InChI=1S/C11H25N3O2S/c1-10(2)8-11(12)9-13-4-6-14(7-5-13)17(3,15)16/h10-11H,4-9,12H2,1-3H3/t11-/m1/s1. The molecule has 2 N–H and O–H groups in total. The molecule has 0 saturated carbocycles. The van der Waals surface area contributed by atoms with Crippen molar-refractivity contribution in [2.24, 2.45) is 11.7 Å². The number of piperazine rings is 1. The first-order valence-electron chi connectivity index (χ1n) is 6.22. The molecule has 1 rings (SSSR count). The zero-order valence-corrected chi connectivity index (χ0v) is 11.9. The minimum atomic E-state index is -3.02. The lowest BCUT2D eigenvalue weighted by Gasteiger charge is -2.34. The molecular weight excluding hydrogens is 238 g/mol. The van der Waals surface area contributed by atoms with E-state index in [4.69, 9.17) is 5.73 Å². The molecule has 1 heterocycles. The lowest BCUT2D eigenvalue weighted by Crippen LogP contribution is -2.51. The Morgan fingerprint density at radius 2 is 1.71 bits per heavy atom. The predicted octanol–water partition coefficient (Wildman–Crippen LogP) is -0.0630. The van der Waals surface area contributed by atoms with Gasteiger partial charge in [0.2, 0.25) is 10.0 Å². The summed E-state index contributed by atoms with van der Waals surface area (Å²) in [5.74, 6) is 0.613. The van der Waals surface area contributed by atoms with Crippen molar-refractivity contribution in [1.82, 2.24) is 9.21 Å². The number of sulfonamides is 1. The molecule has 17 heavy (non-hydrogen) atoms. The number of nitrogens with two attached hydrogens (primary N) is 1. The van der Waals surface area contributed by atoms with Crippen molar-refractivity contribution in [2.75, 3.05) is 39.0 Å². The van der Waals surface area contributed by atoms with Crippen LogP contribution in [0.2, 0.25) is 0 Å². The molecule has 102 valence electrons. The maximum absolute atomic E-state index is 11.3. The number of rotatable bonds is 5. The fourth-order valence-electron chi connectivity index (χ4n) is 2.26. The molecule has 0 aromatic rings. The van der Waals surface area contributed by atoms with Crippen molar-refractivity contribution in [1.29, 1.82) is 0 Å². The van der Waals surface area contributed by atoms with E-state index < -0.39 is 10.0 Å². The van der Waals surface area contributed by atoms with Gasteiger partial charge in [0.15, 0.2) is 0 Å². The van der Waals surface area contributed by atoms with E-state index in [9.17, 15) is 8.42 Å². The maximum atomic E-state index is 11.3. The average Bonchev–Trinajstić information content (AvgIpc) is 2.15. The second-order valence-electron chi connectivity index (χ2n) is 5.35. The zero-order chi connectivity index (χ0) is 13.1. The highest BCUT2D eigenvalue weighted by Crippen LogP contribution is 2.09. The van der Waals surface area contributed by atoms with Gasteiger partial charge in [-0.2, -0.15) is 4.31 Å². The van der Waals surface area contributed by atoms with Crippen molar-refractivity contribution in [3.05, 3.63) is 0 Å². The third kappa shape index (κ3) is 5.33. The van der Waals surface area contributed by atoms with Crippen LogP contribution in [-0.2, 0) is 10.0 Å².